The number of hydrogen-bond donors (Lipinski definition) is 0. The van der Waals surface area contributed by atoms with E-state index in [-0.39, 0.29) is 18.1 Å². The van der Waals surface area contributed by atoms with E-state index >= 15 is 0 Å². The molecule has 2 aliphatic rings. The summed E-state index contributed by atoms with van der Waals surface area (Å²) in [4.78, 5) is 0.102. The van der Waals surface area contributed by atoms with Crippen LogP contribution in [0.2, 0.25) is 0 Å². The van der Waals surface area contributed by atoms with E-state index in [1.54, 1.807) is 24.3 Å². The largest absolute Gasteiger partial charge is 0.347 e. The van der Waals surface area contributed by atoms with Crippen LogP contribution in [0.5, 0.6) is 0 Å². The van der Waals surface area contributed by atoms with Gasteiger partial charge in [0.2, 0.25) is 0 Å². The van der Waals surface area contributed by atoms with Crippen molar-refractivity contribution in [2.75, 3.05) is 13.2 Å². The Bertz CT molecular complexity index is 767. The Morgan fingerprint density at radius 3 is 1.70 bits per heavy atom. The lowest BCUT2D eigenvalue weighted by atomic mass is 10.1. The second-order valence-electron chi connectivity index (χ2n) is 8.00. The standard InChI is InChI=1S/C22H34O7S/c1-6-21(7-2)25-14-18(27-21)20(19-15-26-22(8-3,9-4)28-19)29-30(23,24)17-12-10-16(5)11-13-17/h10-13,18-20H,6-9,14-15H2,1-5H3/t18-,19-/m1/s1. The molecule has 2 atom stereocenters. The third kappa shape index (κ3) is 4.74. The van der Waals surface area contributed by atoms with Crippen LogP contribution in [0.1, 0.15) is 58.9 Å². The van der Waals surface area contributed by atoms with Crippen LogP contribution in [-0.2, 0) is 33.2 Å². The summed E-state index contributed by atoms with van der Waals surface area (Å²) in [6.07, 6.45) is 0.601. The lowest BCUT2D eigenvalue weighted by molar-refractivity contribution is -0.201. The molecule has 1 aromatic carbocycles. The molecule has 0 N–H and O–H groups in total. The first-order valence-corrected chi connectivity index (χ1v) is 12.3. The van der Waals surface area contributed by atoms with Crippen molar-refractivity contribution < 1.29 is 31.5 Å². The van der Waals surface area contributed by atoms with Crippen molar-refractivity contribution in [3.05, 3.63) is 29.8 Å². The van der Waals surface area contributed by atoms with E-state index in [1.807, 2.05) is 34.6 Å². The van der Waals surface area contributed by atoms with Gasteiger partial charge in [-0.2, -0.15) is 8.42 Å². The van der Waals surface area contributed by atoms with Gasteiger partial charge in [0.1, 0.15) is 18.3 Å². The Morgan fingerprint density at radius 1 is 0.900 bits per heavy atom. The molecular formula is C22H34O7S. The third-order valence-electron chi connectivity index (χ3n) is 6.19. The van der Waals surface area contributed by atoms with Crippen LogP contribution < -0.4 is 0 Å². The van der Waals surface area contributed by atoms with Gasteiger partial charge in [0.25, 0.3) is 10.1 Å². The van der Waals surface area contributed by atoms with Gasteiger partial charge in [0.15, 0.2) is 11.6 Å². The highest BCUT2D eigenvalue weighted by molar-refractivity contribution is 7.86. The zero-order valence-electron chi connectivity index (χ0n) is 18.6. The number of ether oxygens (including phenoxy) is 4. The Morgan fingerprint density at radius 2 is 1.33 bits per heavy atom. The molecule has 3 rings (SSSR count). The SMILES string of the molecule is CCC1(CC)OC[C@H](C(OS(=O)(=O)c2ccc(C)cc2)[C@H]2COC(CC)(CC)O2)O1. The van der Waals surface area contributed by atoms with Crippen LogP contribution in [0.15, 0.2) is 29.2 Å². The van der Waals surface area contributed by atoms with E-state index in [4.69, 9.17) is 23.1 Å². The highest BCUT2D eigenvalue weighted by atomic mass is 32.2. The van der Waals surface area contributed by atoms with E-state index in [2.05, 4.69) is 0 Å². The monoisotopic (exact) mass is 442 g/mol. The molecule has 2 saturated heterocycles. The van der Waals surface area contributed by atoms with Gasteiger partial charge in [-0.1, -0.05) is 45.4 Å². The second kappa shape index (κ2) is 9.22. The van der Waals surface area contributed by atoms with E-state index in [1.165, 1.54) is 0 Å². The predicted molar refractivity (Wildman–Crippen MR) is 112 cm³/mol. The second-order valence-corrected chi connectivity index (χ2v) is 9.57. The number of aryl methyl sites for hydroxylation is 1. The third-order valence-corrected chi connectivity index (χ3v) is 7.51. The molecule has 2 aliphatic heterocycles. The van der Waals surface area contributed by atoms with Gasteiger partial charge in [0.05, 0.1) is 18.1 Å². The molecule has 8 heteroatoms. The Balaban J connectivity index is 1.87. The van der Waals surface area contributed by atoms with Crippen molar-refractivity contribution in [3.63, 3.8) is 0 Å². The molecule has 7 nitrogen and oxygen atoms in total. The summed E-state index contributed by atoms with van der Waals surface area (Å²) in [7, 11) is -4.02. The molecule has 0 aliphatic carbocycles. The number of rotatable bonds is 9. The van der Waals surface area contributed by atoms with E-state index in [9.17, 15) is 8.42 Å². The summed E-state index contributed by atoms with van der Waals surface area (Å²) in [5.74, 6) is -1.46. The van der Waals surface area contributed by atoms with Crippen LogP contribution >= 0.6 is 0 Å². The molecule has 0 radical (unpaired) electrons. The predicted octanol–water partition coefficient (Wildman–Crippen LogP) is 3.93. The minimum absolute atomic E-state index is 0.102. The van der Waals surface area contributed by atoms with Crippen molar-refractivity contribution in [1.82, 2.24) is 0 Å². The molecule has 170 valence electrons. The Hall–Kier alpha value is -1.03. The average Bonchev–Trinajstić information content (AvgIpc) is 3.38. The zero-order chi connectivity index (χ0) is 22.0. The van der Waals surface area contributed by atoms with Gasteiger partial charge >= 0.3 is 0 Å². The van der Waals surface area contributed by atoms with Crippen LogP contribution in [0.4, 0.5) is 0 Å². The maximum atomic E-state index is 13.1. The van der Waals surface area contributed by atoms with Gasteiger partial charge < -0.3 is 18.9 Å². The van der Waals surface area contributed by atoms with Crippen LogP contribution in [-0.4, -0.2) is 51.5 Å². The molecule has 2 fully saturated rings. The molecule has 30 heavy (non-hydrogen) atoms. The first kappa shape index (κ1) is 23.6. The van der Waals surface area contributed by atoms with E-state index in [0.717, 1.165) is 5.56 Å². The molecular weight excluding hydrogens is 408 g/mol. The maximum Gasteiger partial charge on any atom is 0.297 e. The van der Waals surface area contributed by atoms with Gasteiger partial charge in [0, 0.05) is 0 Å². The summed E-state index contributed by atoms with van der Waals surface area (Å²) < 4.78 is 56.2. The average molecular weight is 443 g/mol. The van der Waals surface area contributed by atoms with Crippen molar-refractivity contribution in [3.8, 4) is 0 Å². The smallest absolute Gasteiger partial charge is 0.297 e. The molecule has 0 unspecified atom stereocenters. The quantitative estimate of drug-likeness (QED) is 0.536. The molecule has 0 saturated carbocycles. The van der Waals surface area contributed by atoms with E-state index in [0.29, 0.717) is 25.7 Å². The van der Waals surface area contributed by atoms with Crippen LogP contribution in [0, 0.1) is 6.92 Å². The Labute approximate surface area is 180 Å². The lowest BCUT2D eigenvalue weighted by Crippen LogP contribution is -2.45. The number of hydrogen-bond acceptors (Lipinski definition) is 7. The summed E-state index contributed by atoms with van der Waals surface area (Å²) in [5.41, 5.74) is 0.969. The summed E-state index contributed by atoms with van der Waals surface area (Å²) in [6.45, 7) is 10.3. The zero-order valence-corrected chi connectivity index (χ0v) is 19.4. The van der Waals surface area contributed by atoms with Crippen molar-refractivity contribution in [1.29, 1.82) is 0 Å². The fraction of sp³-hybridized carbons (Fsp3) is 0.727. The van der Waals surface area contributed by atoms with Crippen molar-refractivity contribution >= 4 is 10.1 Å². The van der Waals surface area contributed by atoms with Crippen molar-refractivity contribution in [2.24, 2.45) is 0 Å². The fourth-order valence-corrected chi connectivity index (χ4v) is 5.11. The maximum absolute atomic E-state index is 13.1. The molecule has 0 aromatic heterocycles. The van der Waals surface area contributed by atoms with Gasteiger partial charge in [-0.3, -0.25) is 4.18 Å². The minimum Gasteiger partial charge on any atom is -0.347 e. The van der Waals surface area contributed by atoms with Crippen LogP contribution in [0.3, 0.4) is 0 Å². The minimum atomic E-state index is -4.02. The first-order chi connectivity index (χ1) is 14.2. The summed E-state index contributed by atoms with van der Waals surface area (Å²) in [5, 5.41) is 0. The van der Waals surface area contributed by atoms with Crippen LogP contribution in [0.25, 0.3) is 0 Å². The van der Waals surface area contributed by atoms with E-state index < -0.39 is 40.0 Å². The van der Waals surface area contributed by atoms with Gasteiger partial charge in [-0.05, 0) is 44.7 Å². The number of benzene rings is 1. The van der Waals surface area contributed by atoms with Gasteiger partial charge in [-0.15, -0.1) is 0 Å². The molecule has 1 aromatic rings. The summed E-state index contributed by atoms with van der Waals surface area (Å²) in [6, 6.07) is 6.58. The summed E-state index contributed by atoms with van der Waals surface area (Å²) >= 11 is 0. The normalized spacial score (nSPS) is 25.8. The topological polar surface area (TPSA) is 80.3 Å². The Kier molecular flexibility index (Phi) is 7.26. The molecule has 0 bridgehead atoms. The molecule has 0 amide bonds. The molecule has 0 spiro atoms. The van der Waals surface area contributed by atoms with Crippen molar-refractivity contribution in [2.45, 2.75) is 95.1 Å². The lowest BCUT2D eigenvalue weighted by Gasteiger charge is -2.31. The highest BCUT2D eigenvalue weighted by Gasteiger charge is 2.51. The first-order valence-electron chi connectivity index (χ1n) is 10.9. The highest BCUT2D eigenvalue weighted by Crippen LogP contribution is 2.38. The van der Waals surface area contributed by atoms with Gasteiger partial charge in [-0.25, -0.2) is 0 Å². The fourth-order valence-electron chi connectivity index (χ4n) is 3.99. The molecule has 2 heterocycles.